The van der Waals surface area contributed by atoms with Crippen molar-refractivity contribution in [3.8, 4) is 5.95 Å². The zero-order valence-electron chi connectivity index (χ0n) is 5.42. The minimum absolute atomic E-state index is 0.414. The number of aromatic nitrogens is 6. The van der Waals surface area contributed by atoms with Gasteiger partial charge >= 0.3 is 0 Å². The van der Waals surface area contributed by atoms with Crippen molar-refractivity contribution < 1.29 is 0 Å². The molecular weight excluding hydrogens is 144 g/mol. The van der Waals surface area contributed by atoms with Crippen LogP contribution in [0.4, 0.5) is 0 Å². The predicted molar refractivity (Wildman–Crippen MR) is 33.6 cm³/mol. The predicted octanol–water partition coefficient (Wildman–Crippen LogP) is -0.748. The molecule has 0 bridgehead atoms. The van der Waals surface area contributed by atoms with Crippen molar-refractivity contribution in [3.63, 3.8) is 0 Å². The molecule has 0 amide bonds. The van der Waals surface area contributed by atoms with E-state index in [0.717, 1.165) is 0 Å². The summed E-state index contributed by atoms with van der Waals surface area (Å²) in [6, 6.07) is 1.61. The molecule has 0 saturated carbocycles. The topological polar surface area (TPSA) is 69.4 Å². The zero-order chi connectivity index (χ0) is 7.52. The summed E-state index contributed by atoms with van der Waals surface area (Å²) >= 11 is 0. The maximum Gasteiger partial charge on any atom is 0.254 e. The van der Waals surface area contributed by atoms with E-state index in [1.165, 1.54) is 11.0 Å². The van der Waals surface area contributed by atoms with Gasteiger partial charge in [0.25, 0.3) is 5.95 Å². The van der Waals surface area contributed by atoms with Crippen molar-refractivity contribution in [1.29, 1.82) is 0 Å². The van der Waals surface area contributed by atoms with Crippen LogP contribution in [-0.2, 0) is 0 Å². The Hall–Kier alpha value is -1.85. The summed E-state index contributed by atoms with van der Waals surface area (Å²) in [4.78, 5) is 7.70. The molecule has 0 unspecified atom stereocenters. The van der Waals surface area contributed by atoms with Gasteiger partial charge in [-0.1, -0.05) is 0 Å². The van der Waals surface area contributed by atoms with E-state index >= 15 is 0 Å². The molecule has 0 spiro atoms. The molecule has 2 rings (SSSR count). The number of nitrogens with zero attached hydrogens (tertiary/aromatic N) is 6. The van der Waals surface area contributed by atoms with Crippen LogP contribution in [0.15, 0.2) is 18.6 Å². The molecule has 0 fully saturated rings. The minimum Gasteiger partial charge on any atom is -0.220 e. The first kappa shape index (κ1) is 5.90. The van der Waals surface area contributed by atoms with Gasteiger partial charge in [0.1, 0.15) is 6.33 Å². The second kappa shape index (κ2) is 2.41. The highest BCUT2D eigenvalue weighted by Gasteiger charge is 1.96. The number of tetrazole rings is 1. The molecule has 0 aliphatic carbocycles. The molecule has 0 aliphatic rings. The Morgan fingerprint density at radius 3 is 3.09 bits per heavy atom. The monoisotopic (exact) mass is 147 g/mol. The summed E-state index contributed by atoms with van der Waals surface area (Å²) in [5.41, 5.74) is 0. The summed E-state index contributed by atoms with van der Waals surface area (Å²) in [5.74, 6) is 0.414. The van der Waals surface area contributed by atoms with E-state index in [4.69, 9.17) is 0 Å². The number of hydrogen-bond acceptors (Lipinski definition) is 5. The Balaban J connectivity index is 2.46. The molecule has 2 heterocycles. The SMILES string of the molecule is [c]1ccnc(-n2cnnn2)n1. The molecule has 1 radical (unpaired) electrons. The van der Waals surface area contributed by atoms with Crippen LogP contribution in [0.3, 0.4) is 0 Å². The maximum atomic E-state index is 3.90. The average Bonchev–Trinajstić information content (AvgIpc) is 2.58. The lowest BCUT2D eigenvalue weighted by atomic mass is 10.7. The molecule has 0 saturated heterocycles. The molecule has 2 aromatic rings. The van der Waals surface area contributed by atoms with Crippen molar-refractivity contribution in [2.45, 2.75) is 0 Å². The van der Waals surface area contributed by atoms with Crippen molar-refractivity contribution in [2.24, 2.45) is 0 Å². The fraction of sp³-hybridized carbons (Fsp3) is 0. The van der Waals surface area contributed by atoms with Gasteiger partial charge in [-0.05, 0) is 16.5 Å². The lowest BCUT2D eigenvalue weighted by Gasteiger charge is -1.91. The van der Waals surface area contributed by atoms with E-state index in [0.29, 0.717) is 5.95 Å². The normalized spacial score (nSPS) is 9.82. The largest absolute Gasteiger partial charge is 0.254 e. The first-order valence-electron chi connectivity index (χ1n) is 2.89. The van der Waals surface area contributed by atoms with Gasteiger partial charge in [0.2, 0.25) is 0 Å². The molecule has 0 aliphatic heterocycles. The van der Waals surface area contributed by atoms with Gasteiger partial charge in [0, 0.05) is 6.20 Å². The molecule has 2 aromatic heterocycles. The van der Waals surface area contributed by atoms with E-state index < -0.39 is 0 Å². The molecular formula is C5H3N6. The van der Waals surface area contributed by atoms with Crippen LogP contribution in [-0.4, -0.2) is 30.2 Å². The lowest BCUT2D eigenvalue weighted by Crippen LogP contribution is -2.00. The van der Waals surface area contributed by atoms with Crippen LogP contribution in [0.1, 0.15) is 0 Å². The van der Waals surface area contributed by atoms with Crippen molar-refractivity contribution in [2.75, 3.05) is 0 Å². The second-order valence-corrected chi connectivity index (χ2v) is 1.74. The molecule has 0 atom stereocenters. The Kier molecular flexibility index (Phi) is 1.29. The van der Waals surface area contributed by atoms with Gasteiger partial charge in [-0.25, -0.2) is 9.97 Å². The molecule has 11 heavy (non-hydrogen) atoms. The lowest BCUT2D eigenvalue weighted by molar-refractivity contribution is 0.747. The Morgan fingerprint density at radius 1 is 1.45 bits per heavy atom. The van der Waals surface area contributed by atoms with Crippen molar-refractivity contribution in [3.05, 3.63) is 24.8 Å². The van der Waals surface area contributed by atoms with Crippen molar-refractivity contribution in [1.82, 2.24) is 30.2 Å². The average molecular weight is 147 g/mol. The van der Waals surface area contributed by atoms with Crippen LogP contribution < -0.4 is 0 Å². The zero-order valence-corrected chi connectivity index (χ0v) is 5.42. The molecule has 0 N–H and O–H groups in total. The summed E-state index contributed by atoms with van der Waals surface area (Å²) in [6.07, 6.45) is 5.61. The number of rotatable bonds is 1. The van der Waals surface area contributed by atoms with Gasteiger partial charge in [0.15, 0.2) is 0 Å². The van der Waals surface area contributed by atoms with E-state index in [1.807, 2.05) is 0 Å². The smallest absolute Gasteiger partial charge is 0.220 e. The second-order valence-electron chi connectivity index (χ2n) is 1.74. The maximum absolute atomic E-state index is 3.90. The van der Waals surface area contributed by atoms with Crippen LogP contribution >= 0.6 is 0 Å². The summed E-state index contributed by atoms with van der Waals surface area (Å²) < 4.78 is 1.36. The minimum atomic E-state index is 0.414. The molecule has 53 valence electrons. The van der Waals surface area contributed by atoms with Crippen LogP contribution in [0, 0.1) is 6.20 Å². The van der Waals surface area contributed by atoms with E-state index in [1.54, 1.807) is 12.3 Å². The Labute approximate surface area is 61.9 Å². The Bertz CT molecular complexity index is 314. The fourth-order valence-electron chi connectivity index (χ4n) is 0.624. The molecule has 0 aromatic carbocycles. The molecule has 6 nitrogen and oxygen atoms in total. The third kappa shape index (κ3) is 1.05. The van der Waals surface area contributed by atoms with Crippen LogP contribution in [0.2, 0.25) is 0 Å². The Morgan fingerprint density at radius 2 is 2.45 bits per heavy atom. The summed E-state index contributed by atoms with van der Waals surface area (Å²) in [7, 11) is 0. The fourth-order valence-corrected chi connectivity index (χ4v) is 0.624. The van der Waals surface area contributed by atoms with E-state index in [2.05, 4.69) is 31.7 Å². The third-order valence-corrected chi connectivity index (χ3v) is 1.06. The molecule has 6 heteroatoms. The van der Waals surface area contributed by atoms with Gasteiger partial charge in [-0.15, -0.1) is 5.10 Å². The van der Waals surface area contributed by atoms with Crippen molar-refractivity contribution >= 4 is 0 Å². The van der Waals surface area contributed by atoms with Gasteiger partial charge in [-0.2, -0.15) is 4.68 Å². The van der Waals surface area contributed by atoms with Gasteiger partial charge in [0.05, 0.1) is 6.20 Å². The highest BCUT2D eigenvalue weighted by Crippen LogP contribution is 1.90. The van der Waals surface area contributed by atoms with E-state index in [9.17, 15) is 0 Å². The van der Waals surface area contributed by atoms with Crippen LogP contribution in [0.5, 0.6) is 0 Å². The first-order chi connectivity index (χ1) is 5.47. The van der Waals surface area contributed by atoms with E-state index in [-0.39, 0.29) is 0 Å². The summed E-state index contributed by atoms with van der Waals surface area (Å²) in [6.45, 7) is 0. The quantitative estimate of drug-likeness (QED) is 0.531. The van der Waals surface area contributed by atoms with Crippen LogP contribution in [0.25, 0.3) is 5.95 Å². The first-order valence-corrected chi connectivity index (χ1v) is 2.89. The highest BCUT2D eigenvalue weighted by atomic mass is 15.5. The third-order valence-electron chi connectivity index (χ3n) is 1.06. The van der Waals surface area contributed by atoms with Gasteiger partial charge in [-0.3, -0.25) is 0 Å². The highest BCUT2D eigenvalue weighted by molar-refractivity contribution is 5.03. The number of hydrogen-bond donors (Lipinski definition) is 0. The summed E-state index contributed by atoms with van der Waals surface area (Å²) in [5, 5.41) is 10.5. The van der Waals surface area contributed by atoms with Gasteiger partial charge < -0.3 is 0 Å². The standard InChI is InChI=1S/C5H3N6/c1-2-6-5(7-3-1)11-4-8-9-10-11/h1-2,4H.